The Balaban J connectivity index is 1.87. The standard InChI is InChI=1S/C28H33NO4/c1-4-33-28(30)26(12-8-11-21-9-6-5-7-10-21)27(22-13-17-24(31-2)18-14-22)29-23-15-19-25(32-3)20-16-23/h5-7,9-10,13-20,26-27,29H,4,8,11-12H2,1-3H3/t26-,27+/m1/s1. The minimum Gasteiger partial charge on any atom is -0.497 e. The number of ether oxygens (including phenoxy) is 3. The highest BCUT2D eigenvalue weighted by atomic mass is 16.5. The van der Waals surface area contributed by atoms with Gasteiger partial charge in [-0.05, 0) is 73.7 Å². The molecule has 3 rings (SSSR count). The Morgan fingerprint density at radius 2 is 1.45 bits per heavy atom. The fourth-order valence-corrected chi connectivity index (χ4v) is 3.93. The van der Waals surface area contributed by atoms with Crippen LogP contribution in [0, 0.1) is 5.92 Å². The van der Waals surface area contributed by atoms with Gasteiger partial charge in [0.25, 0.3) is 0 Å². The average Bonchev–Trinajstić information content (AvgIpc) is 2.87. The van der Waals surface area contributed by atoms with Crippen LogP contribution in [0.1, 0.15) is 36.9 Å². The van der Waals surface area contributed by atoms with Crippen LogP contribution < -0.4 is 14.8 Å². The number of rotatable bonds is 12. The molecule has 0 unspecified atom stereocenters. The Morgan fingerprint density at radius 1 is 0.848 bits per heavy atom. The molecular weight excluding hydrogens is 414 g/mol. The molecule has 0 aliphatic heterocycles. The fourth-order valence-electron chi connectivity index (χ4n) is 3.93. The highest BCUT2D eigenvalue weighted by molar-refractivity contribution is 5.74. The molecule has 0 spiro atoms. The van der Waals surface area contributed by atoms with E-state index in [2.05, 4.69) is 17.4 Å². The van der Waals surface area contributed by atoms with Crippen LogP contribution >= 0.6 is 0 Å². The number of benzene rings is 3. The van der Waals surface area contributed by atoms with Gasteiger partial charge in [-0.25, -0.2) is 0 Å². The summed E-state index contributed by atoms with van der Waals surface area (Å²) in [4.78, 5) is 13.1. The number of methoxy groups -OCH3 is 2. The van der Waals surface area contributed by atoms with Crippen molar-refractivity contribution in [2.75, 3.05) is 26.1 Å². The second-order valence-electron chi connectivity index (χ2n) is 7.86. The van der Waals surface area contributed by atoms with Crippen LogP contribution in [0.4, 0.5) is 5.69 Å². The third kappa shape index (κ3) is 7.01. The summed E-state index contributed by atoms with van der Waals surface area (Å²) in [6.07, 6.45) is 2.49. The Morgan fingerprint density at radius 3 is 2.03 bits per heavy atom. The van der Waals surface area contributed by atoms with E-state index in [0.717, 1.165) is 35.6 Å². The second kappa shape index (κ2) is 12.5. The molecule has 0 saturated carbocycles. The molecule has 0 saturated heterocycles. The van der Waals surface area contributed by atoms with E-state index < -0.39 is 0 Å². The molecule has 0 aliphatic carbocycles. The Labute approximate surface area is 196 Å². The number of aryl methyl sites for hydroxylation is 1. The van der Waals surface area contributed by atoms with Crippen molar-refractivity contribution in [1.82, 2.24) is 0 Å². The van der Waals surface area contributed by atoms with Gasteiger partial charge in [-0.3, -0.25) is 4.79 Å². The zero-order valence-electron chi connectivity index (χ0n) is 19.6. The normalized spacial score (nSPS) is 12.5. The lowest BCUT2D eigenvalue weighted by Crippen LogP contribution is -2.29. The Hall–Kier alpha value is -3.47. The zero-order chi connectivity index (χ0) is 23.5. The third-order valence-electron chi connectivity index (χ3n) is 5.70. The van der Waals surface area contributed by atoms with Crippen LogP contribution in [0.15, 0.2) is 78.9 Å². The van der Waals surface area contributed by atoms with E-state index in [1.54, 1.807) is 14.2 Å². The fraction of sp³-hybridized carbons (Fsp3) is 0.321. The summed E-state index contributed by atoms with van der Waals surface area (Å²) in [6, 6.07) is 25.7. The molecule has 33 heavy (non-hydrogen) atoms. The van der Waals surface area contributed by atoms with E-state index >= 15 is 0 Å². The topological polar surface area (TPSA) is 56.8 Å². The van der Waals surface area contributed by atoms with Gasteiger partial charge in [0, 0.05) is 5.69 Å². The second-order valence-corrected chi connectivity index (χ2v) is 7.86. The van der Waals surface area contributed by atoms with Gasteiger partial charge in [0.05, 0.1) is 32.8 Å². The molecule has 174 valence electrons. The van der Waals surface area contributed by atoms with Crippen LogP contribution in [0.3, 0.4) is 0 Å². The monoisotopic (exact) mass is 447 g/mol. The highest BCUT2D eigenvalue weighted by Crippen LogP contribution is 2.33. The maximum Gasteiger partial charge on any atom is 0.311 e. The summed E-state index contributed by atoms with van der Waals surface area (Å²) in [5.74, 6) is 1.03. The van der Waals surface area contributed by atoms with Gasteiger partial charge < -0.3 is 19.5 Å². The lowest BCUT2D eigenvalue weighted by molar-refractivity contribution is -0.148. The molecule has 1 N–H and O–H groups in total. The van der Waals surface area contributed by atoms with E-state index in [4.69, 9.17) is 14.2 Å². The summed E-state index contributed by atoms with van der Waals surface area (Å²) in [5, 5.41) is 3.57. The molecule has 3 aromatic rings. The largest absolute Gasteiger partial charge is 0.497 e. The highest BCUT2D eigenvalue weighted by Gasteiger charge is 2.31. The van der Waals surface area contributed by atoms with Crippen LogP contribution in [0.5, 0.6) is 11.5 Å². The molecule has 3 aromatic carbocycles. The molecular formula is C28H33NO4. The molecule has 0 aromatic heterocycles. The van der Waals surface area contributed by atoms with Crippen LogP contribution in [-0.2, 0) is 16.0 Å². The molecule has 0 fully saturated rings. The van der Waals surface area contributed by atoms with E-state index in [-0.39, 0.29) is 17.9 Å². The number of anilines is 1. The Kier molecular flexibility index (Phi) is 9.19. The summed E-state index contributed by atoms with van der Waals surface area (Å²) >= 11 is 0. The van der Waals surface area contributed by atoms with Crippen molar-refractivity contribution in [3.05, 3.63) is 90.0 Å². The molecule has 0 amide bonds. The number of hydrogen-bond acceptors (Lipinski definition) is 5. The van der Waals surface area contributed by atoms with E-state index in [1.807, 2.05) is 73.7 Å². The van der Waals surface area contributed by atoms with Crippen LogP contribution in [-0.4, -0.2) is 26.8 Å². The first kappa shape index (κ1) is 24.2. The third-order valence-corrected chi connectivity index (χ3v) is 5.70. The van der Waals surface area contributed by atoms with Crippen molar-refractivity contribution < 1.29 is 19.0 Å². The number of carbonyl (C=O) groups is 1. The van der Waals surface area contributed by atoms with Gasteiger partial charge in [0.1, 0.15) is 11.5 Å². The molecule has 5 nitrogen and oxygen atoms in total. The summed E-state index contributed by atoms with van der Waals surface area (Å²) in [7, 11) is 3.29. The SMILES string of the molecule is CCOC(=O)[C@H](CCCc1ccccc1)[C@@H](Nc1ccc(OC)cc1)c1ccc(OC)cc1. The molecule has 2 atom stereocenters. The predicted molar refractivity (Wildman–Crippen MR) is 132 cm³/mol. The van der Waals surface area contributed by atoms with E-state index in [0.29, 0.717) is 13.0 Å². The summed E-state index contributed by atoms with van der Waals surface area (Å²) in [6.45, 7) is 2.20. The Bertz CT molecular complexity index is 971. The van der Waals surface area contributed by atoms with Gasteiger partial charge in [-0.1, -0.05) is 42.5 Å². The van der Waals surface area contributed by atoms with Crippen molar-refractivity contribution >= 4 is 11.7 Å². The van der Waals surface area contributed by atoms with Crippen molar-refractivity contribution in [2.24, 2.45) is 5.92 Å². The van der Waals surface area contributed by atoms with Gasteiger partial charge in [-0.15, -0.1) is 0 Å². The molecule has 0 heterocycles. The average molecular weight is 448 g/mol. The smallest absolute Gasteiger partial charge is 0.311 e. The zero-order valence-corrected chi connectivity index (χ0v) is 19.6. The lowest BCUT2D eigenvalue weighted by Gasteiger charge is -2.28. The van der Waals surface area contributed by atoms with E-state index in [1.165, 1.54) is 5.56 Å². The van der Waals surface area contributed by atoms with Gasteiger partial charge in [-0.2, -0.15) is 0 Å². The van der Waals surface area contributed by atoms with E-state index in [9.17, 15) is 4.79 Å². The van der Waals surface area contributed by atoms with Crippen molar-refractivity contribution in [3.8, 4) is 11.5 Å². The maximum atomic E-state index is 13.1. The van der Waals surface area contributed by atoms with Crippen LogP contribution in [0.2, 0.25) is 0 Å². The minimum atomic E-state index is -0.343. The summed E-state index contributed by atoms with van der Waals surface area (Å²) in [5.41, 5.74) is 3.18. The van der Waals surface area contributed by atoms with Crippen molar-refractivity contribution in [1.29, 1.82) is 0 Å². The van der Waals surface area contributed by atoms with Gasteiger partial charge >= 0.3 is 5.97 Å². The number of hydrogen-bond donors (Lipinski definition) is 1. The first-order chi connectivity index (χ1) is 16.1. The van der Waals surface area contributed by atoms with Crippen LogP contribution in [0.25, 0.3) is 0 Å². The number of carbonyl (C=O) groups excluding carboxylic acids is 1. The molecule has 5 heteroatoms. The van der Waals surface area contributed by atoms with Gasteiger partial charge in [0.2, 0.25) is 0 Å². The maximum absolute atomic E-state index is 13.1. The molecule has 0 radical (unpaired) electrons. The molecule has 0 bridgehead atoms. The lowest BCUT2D eigenvalue weighted by atomic mass is 9.87. The van der Waals surface area contributed by atoms with Crippen molar-refractivity contribution in [2.45, 2.75) is 32.2 Å². The van der Waals surface area contributed by atoms with Gasteiger partial charge in [0.15, 0.2) is 0 Å². The van der Waals surface area contributed by atoms with Crippen molar-refractivity contribution in [3.63, 3.8) is 0 Å². The quantitative estimate of drug-likeness (QED) is 0.342. The minimum absolute atomic E-state index is 0.188. The first-order valence-electron chi connectivity index (χ1n) is 11.4. The molecule has 0 aliphatic rings. The summed E-state index contributed by atoms with van der Waals surface area (Å²) < 4.78 is 16.1. The number of nitrogens with one attached hydrogen (secondary N) is 1. The first-order valence-corrected chi connectivity index (χ1v) is 11.4. The predicted octanol–water partition coefficient (Wildman–Crippen LogP) is 6.06. The number of esters is 1.